The third-order valence-electron chi connectivity index (χ3n) is 3.84. The van der Waals surface area contributed by atoms with Gasteiger partial charge < -0.3 is 16.0 Å². The molecule has 25 heavy (non-hydrogen) atoms. The molecular weight excluding hydrogens is 316 g/mol. The molecule has 0 saturated heterocycles. The monoisotopic (exact) mass is 340 g/mol. The second kappa shape index (κ2) is 8.82. The predicted molar refractivity (Wildman–Crippen MR) is 97.7 cm³/mol. The number of primary amides is 1. The van der Waals surface area contributed by atoms with E-state index in [-0.39, 0.29) is 18.4 Å². The van der Waals surface area contributed by atoms with Crippen LogP contribution in [0.1, 0.15) is 19.4 Å². The summed E-state index contributed by atoms with van der Waals surface area (Å²) < 4.78 is 0. The standard InChI is InChI=1S/C19H24N4O2/c1-14(2)18(19(20)25)22-17(24)13-23(16-8-4-3-5-9-16)12-15-7-6-10-21-11-15/h3-11,14,18H,12-13H2,1-2H3,(H2,20,25)(H,22,24). The Morgan fingerprint density at radius 2 is 1.88 bits per heavy atom. The Hall–Kier alpha value is -2.89. The summed E-state index contributed by atoms with van der Waals surface area (Å²) >= 11 is 0. The van der Waals surface area contributed by atoms with Crippen LogP contribution in [0.2, 0.25) is 0 Å². The zero-order chi connectivity index (χ0) is 18.2. The summed E-state index contributed by atoms with van der Waals surface area (Å²) in [5.74, 6) is -0.836. The smallest absolute Gasteiger partial charge is 0.240 e. The number of carbonyl (C=O) groups is 2. The van der Waals surface area contributed by atoms with Crippen LogP contribution in [0.15, 0.2) is 54.9 Å². The van der Waals surface area contributed by atoms with Crippen molar-refractivity contribution in [2.75, 3.05) is 11.4 Å². The second-order valence-corrected chi connectivity index (χ2v) is 6.24. The van der Waals surface area contributed by atoms with Gasteiger partial charge >= 0.3 is 0 Å². The van der Waals surface area contributed by atoms with Gasteiger partial charge in [-0.1, -0.05) is 38.1 Å². The molecule has 0 aliphatic carbocycles. The number of para-hydroxylation sites is 1. The topological polar surface area (TPSA) is 88.3 Å². The van der Waals surface area contributed by atoms with Crippen molar-refractivity contribution >= 4 is 17.5 Å². The Bertz CT molecular complexity index is 689. The van der Waals surface area contributed by atoms with Crippen LogP contribution in [-0.4, -0.2) is 29.4 Å². The average Bonchev–Trinajstić information content (AvgIpc) is 2.60. The lowest BCUT2D eigenvalue weighted by Crippen LogP contribution is -2.50. The highest BCUT2D eigenvalue weighted by atomic mass is 16.2. The molecule has 1 aromatic carbocycles. The maximum Gasteiger partial charge on any atom is 0.240 e. The van der Waals surface area contributed by atoms with Gasteiger partial charge in [0.1, 0.15) is 6.04 Å². The van der Waals surface area contributed by atoms with E-state index in [9.17, 15) is 9.59 Å². The first-order chi connectivity index (χ1) is 12.0. The van der Waals surface area contributed by atoms with Crippen molar-refractivity contribution < 1.29 is 9.59 Å². The van der Waals surface area contributed by atoms with Crippen LogP contribution in [0.25, 0.3) is 0 Å². The number of nitrogens with zero attached hydrogens (tertiary/aromatic N) is 2. The number of amides is 2. The highest BCUT2D eigenvalue weighted by Gasteiger charge is 2.22. The fourth-order valence-electron chi connectivity index (χ4n) is 2.55. The van der Waals surface area contributed by atoms with Crippen molar-refractivity contribution in [3.63, 3.8) is 0 Å². The zero-order valence-electron chi connectivity index (χ0n) is 14.6. The number of aromatic nitrogens is 1. The van der Waals surface area contributed by atoms with E-state index < -0.39 is 11.9 Å². The summed E-state index contributed by atoms with van der Waals surface area (Å²) in [5.41, 5.74) is 7.29. The van der Waals surface area contributed by atoms with Crippen molar-refractivity contribution in [2.24, 2.45) is 11.7 Å². The van der Waals surface area contributed by atoms with Gasteiger partial charge in [0.2, 0.25) is 11.8 Å². The van der Waals surface area contributed by atoms with E-state index in [0.717, 1.165) is 11.3 Å². The quantitative estimate of drug-likeness (QED) is 0.766. The number of carbonyl (C=O) groups excluding carboxylic acids is 2. The molecule has 2 amide bonds. The number of pyridine rings is 1. The Morgan fingerprint density at radius 3 is 2.44 bits per heavy atom. The maximum absolute atomic E-state index is 12.5. The van der Waals surface area contributed by atoms with Crippen LogP contribution in [0.3, 0.4) is 0 Å². The van der Waals surface area contributed by atoms with Crippen LogP contribution in [0, 0.1) is 5.92 Å². The second-order valence-electron chi connectivity index (χ2n) is 6.24. The van der Waals surface area contributed by atoms with E-state index in [1.807, 2.05) is 61.2 Å². The maximum atomic E-state index is 12.5. The number of rotatable bonds is 8. The minimum absolute atomic E-state index is 0.0649. The lowest BCUT2D eigenvalue weighted by atomic mass is 10.0. The third-order valence-corrected chi connectivity index (χ3v) is 3.84. The molecule has 1 atom stereocenters. The van der Waals surface area contributed by atoms with Gasteiger partial charge in [-0.25, -0.2) is 0 Å². The molecular formula is C19H24N4O2. The summed E-state index contributed by atoms with van der Waals surface area (Å²) in [4.78, 5) is 30.0. The molecule has 0 aliphatic heterocycles. The van der Waals surface area contributed by atoms with Crippen LogP contribution in [0.5, 0.6) is 0 Å². The molecule has 2 aromatic rings. The molecule has 2 rings (SSSR count). The molecule has 3 N–H and O–H groups in total. The summed E-state index contributed by atoms with van der Waals surface area (Å²) in [6.07, 6.45) is 3.48. The van der Waals surface area contributed by atoms with E-state index in [2.05, 4.69) is 10.3 Å². The van der Waals surface area contributed by atoms with Crippen molar-refractivity contribution in [3.8, 4) is 0 Å². The lowest BCUT2D eigenvalue weighted by Gasteiger charge is -2.26. The molecule has 0 radical (unpaired) electrons. The predicted octanol–water partition coefficient (Wildman–Crippen LogP) is 1.71. The zero-order valence-corrected chi connectivity index (χ0v) is 14.6. The lowest BCUT2D eigenvalue weighted by molar-refractivity contribution is -0.127. The molecule has 1 unspecified atom stereocenters. The molecule has 0 spiro atoms. The van der Waals surface area contributed by atoms with E-state index in [4.69, 9.17) is 5.73 Å². The fraction of sp³-hybridized carbons (Fsp3) is 0.316. The van der Waals surface area contributed by atoms with Crippen LogP contribution < -0.4 is 16.0 Å². The van der Waals surface area contributed by atoms with E-state index in [0.29, 0.717) is 6.54 Å². The summed E-state index contributed by atoms with van der Waals surface area (Å²) in [6, 6.07) is 12.8. The summed E-state index contributed by atoms with van der Waals surface area (Å²) in [5, 5.41) is 2.73. The molecule has 0 saturated carbocycles. The number of anilines is 1. The molecule has 0 bridgehead atoms. The average molecular weight is 340 g/mol. The third kappa shape index (κ3) is 5.60. The highest BCUT2D eigenvalue weighted by molar-refractivity contribution is 5.88. The van der Waals surface area contributed by atoms with E-state index >= 15 is 0 Å². The first-order valence-electron chi connectivity index (χ1n) is 8.25. The largest absolute Gasteiger partial charge is 0.368 e. The summed E-state index contributed by atoms with van der Waals surface area (Å²) in [6.45, 7) is 4.35. The molecule has 0 aliphatic rings. The Kier molecular flexibility index (Phi) is 6.51. The van der Waals surface area contributed by atoms with Crippen molar-refractivity contribution in [2.45, 2.75) is 26.4 Å². The summed E-state index contributed by atoms with van der Waals surface area (Å²) in [7, 11) is 0. The van der Waals surface area contributed by atoms with E-state index in [1.54, 1.807) is 12.4 Å². The van der Waals surface area contributed by atoms with Gasteiger partial charge in [-0.2, -0.15) is 0 Å². The minimum Gasteiger partial charge on any atom is -0.368 e. The number of hydrogen-bond acceptors (Lipinski definition) is 4. The SMILES string of the molecule is CC(C)C(NC(=O)CN(Cc1cccnc1)c1ccccc1)C(N)=O. The number of benzene rings is 1. The van der Waals surface area contributed by atoms with Gasteiger partial charge in [-0.3, -0.25) is 14.6 Å². The van der Waals surface area contributed by atoms with Crippen LogP contribution >= 0.6 is 0 Å². The molecule has 6 heteroatoms. The Balaban J connectivity index is 2.13. The van der Waals surface area contributed by atoms with Crippen LogP contribution in [0.4, 0.5) is 5.69 Å². The van der Waals surface area contributed by atoms with Crippen LogP contribution in [-0.2, 0) is 16.1 Å². The van der Waals surface area contributed by atoms with E-state index in [1.165, 1.54) is 0 Å². The van der Waals surface area contributed by atoms with Gasteiger partial charge in [0, 0.05) is 24.6 Å². The molecule has 1 aromatic heterocycles. The Labute approximate surface area is 148 Å². The van der Waals surface area contributed by atoms with Gasteiger partial charge in [-0.15, -0.1) is 0 Å². The van der Waals surface area contributed by atoms with Gasteiger partial charge in [0.15, 0.2) is 0 Å². The van der Waals surface area contributed by atoms with Gasteiger partial charge in [-0.05, 0) is 29.7 Å². The van der Waals surface area contributed by atoms with Crippen molar-refractivity contribution in [1.29, 1.82) is 0 Å². The van der Waals surface area contributed by atoms with Gasteiger partial charge in [0.05, 0.1) is 6.54 Å². The van der Waals surface area contributed by atoms with Gasteiger partial charge in [0.25, 0.3) is 0 Å². The first kappa shape index (κ1) is 18.4. The number of hydrogen-bond donors (Lipinski definition) is 2. The minimum atomic E-state index is -0.677. The van der Waals surface area contributed by atoms with Crippen molar-refractivity contribution in [3.05, 3.63) is 60.4 Å². The molecule has 132 valence electrons. The highest BCUT2D eigenvalue weighted by Crippen LogP contribution is 2.16. The number of nitrogens with one attached hydrogen (secondary N) is 1. The molecule has 0 fully saturated rings. The normalized spacial score (nSPS) is 11.8. The fourth-order valence-corrected chi connectivity index (χ4v) is 2.55. The number of nitrogens with two attached hydrogens (primary N) is 1. The molecule has 6 nitrogen and oxygen atoms in total. The van der Waals surface area contributed by atoms with Crippen molar-refractivity contribution in [1.82, 2.24) is 10.3 Å². The first-order valence-corrected chi connectivity index (χ1v) is 8.25. The molecule has 1 heterocycles. The Morgan fingerprint density at radius 1 is 1.16 bits per heavy atom.